The first kappa shape index (κ1) is 19.3. The Bertz CT molecular complexity index is 741. The summed E-state index contributed by atoms with van der Waals surface area (Å²) in [5, 5.41) is 26.8. The van der Waals surface area contributed by atoms with E-state index in [1.807, 2.05) is 24.3 Å². The third-order valence-corrected chi connectivity index (χ3v) is 3.62. The Morgan fingerprint density at radius 2 is 1.42 bits per heavy atom. The number of hydrogen-bond donors (Lipinski definition) is 4. The number of rotatable bonds is 11. The van der Waals surface area contributed by atoms with Gasteiger partial charge in [-0.3, -0.25) is 24.2 Å². The fourth-order valence-corrected chi connectivity index (χ4v) is 2.58. The lowest BCUT2D eigenvalue weighted by atomic mass is 10.3. The number of aromatic nitrogens is 2. The number of para-hydroxylation sites is 2. The van der Waals surface area contributed by atoms with Crippen LogP contribution in [0.3, 0.4) is 0 Å². The average Bonchev–Trinajstić information content (AvgIpc) is 2.93. The van der Waals surface area contributed by atoms with Gasteiger partial charge < -0.3 is 20.3 Å². The molecule has 140 valence electrons. The van der Waals surface area contributed by atoms with Crippen molar-refractivity contribution in [1.29, 1.82) is 0 Å². The number of carboxylic acids is 3. The molecular weight excluding hydrogens is 344 g/mol. The largest absolute Gasteiger partial charge is 0.480 e. The van der Waals surface area contributed by atoms with Crippen molar-refractivity contribution in [3.8, 4) is 0 Å². The summed E-state index contributed by atoms with van der Waals surface area (Å²) in [5.74, 6) is -2.75. The van der Waals surface area contributed by atoms with Gasteiger partial charge in [0.25, 0.3) is 0 Å². The first-order valence-electron chi connectivity index (χ1n) is 7.87. The van der Waals surface area contributed by atoms with E-state index in [-0.39, 0.29) is 26.2 Å². The highest BCUT2D eigenvalue weighted by atomic mass is 16.4. The number of carbonyl (C=O) groups is 3. The quantitative estimate of drug-likeness (QED) is 0.430. The van der Waals surface area contributed by atoms with Gasteiger partial charge in [0.15, 0.2) is 0 Å². The minimum atomic E-state index is -1.15. The maximum absolute atomic E-state index is 11.1. The molecule has 0 saturated carbocycles. The van der Waals surface area contributed by atoms with Gasteiger partial charge in [-0.2, -0.15) is 0 Å². The number of fused-ring (bicyclic) bond motifs is 1. The van der Waals surface area contributed by atoms with Crippen molar-refractivity contribution in [2.24, 2.45) is 0 Å². The van der Waals surface area contributed by atoms with E-state index in [1.54, 1.807) is 4.90 Å². The van der Waals surface area contributed by atoms with Crippen LogP contribution in [0.5, 0.6) is 0 Å². The van der Waals surface area contributed by atoms with Crippen molar-refractivity contribution in [3.05, 3.63) is 30.1 Å². The van der Waals surface area contributed by atoms with E-state index in [1.165, 1.54) is 4.90 Å². The van der Waals surface area contributed by atoms with Gasteiger partial charge in [0, 0.05) is 13.1 Å². The predicted octanol–water partition coefficient (Wildman–Crippen LogP) is -0.0793. The molecule has 1 aromatic heterocycles. The number of aliphatic carboxylic acids is 3. The van der Waals surface area contributed by atoms with Gasteiger partial charge in [-0.05, 0) is 12.1 Å². The van der Waals surface area contributed by atoms with E-state index >= 15 is 0 Å². The standard InChI is InChI=1S/C16H20N4O6/c21-14(22)8-19(5-6-20(9-15(23)24)10-16(25)26)7-13-17-11-3-1-2-4-12(11)18-13/h1-4H,5-10H2,(H,17,18)(H,21,22)(H,23,24)(H,25,26). The number of nitrogens with one attached hydrogen (secondary N) is 1. The Morgan fingerprint density at radius 3 is 2.00 bits per heavy atom. The van der Waals surface area contributed by atoms with Crippen LogP contribution < -0.4 is 0 Å². The van der Waals surface area contributed by atoms with Crippen molar-refractivity contribution in [3.63, 3.8) is 0 Å². The Balaban J connectivity index is 2.04. The van der Waals surface area contributed by atoms with Crippen LogP contribution in [0.4, 0.5) is 0 Å². The average molecular weight is 364 g/mol. The maximum atomic E-state index is 11.1. The SMILES string of the molecule is O=C(O)CN(CCN(CC(=O)O)Cc1nc2ccccc2[nH]1)CC(=O)O. The van der Waals surface area contributed by atoms with E-state index in [0.717, 1.165) is 11.0 Å². The number of H-pyrrole nitrogens is 1. The van der Waals surface area contributed by atoms with E-state index in [4.69, 9.17) is 15.3 Å². The molecule has 2 aromatic rings. The molecule has 0 radical (unpaired) electrons. The Kier molecular flexibility index (Phi) is 6.64. The van der Waals surface area contributed by atoms with Gasteiger partial charge in [-0.15, -0.1) is 0 Å². The number of imidazole rings is 1. The summed E-state index contributed by atoms with van der Waals surface area (Å²) in [6.07, 6.45) is 0. The van der Waals surface area contributed by atoms with E-state index in [2.05, 4.69) is 9.97 Å². The van der Waals surface area contributed by atoms with Gasteiger partial charge in [-0.25, -0.2) is 4.98 Å². The number of nitrogens with zero attached hydrogens (tertiary/aromatic N) is 3. The predicted molar refractivity (Wildman–Crippen MR) is 90.7 cm³/mol. The molecular formula is C16H20N4O6. The first-order valence-corrected chi connectivity index (χ1v) is 7.87. The molecule has 0 aliphatic carbocycles. The molecule has 0 unspecified atom stereocenters. The molecule has 0 amide bonds. The number of hydrogen-bond acceptors (Lipinski definition) is 6. The van der Waals surface area contributed by atoms with Gasteiger partial charge >= 0.3 is 17.9 Å². The van der Waals surface area contributed by atoms with Gasteiger partial charge in [0.2, 0.25) is 0 Å². The maximum Gasteiger partial charge on any atom is 0.317 e. The molecule has 0 aliphatic heterocycles. The molecule has 1 aromatic carbocycles. The van der Waals surface area contributed by atoms with E-state index in [0.29, 0.717) is 5.82 Å². The summed E-state index contributed by atoms with van der Waals surface area (Å²) in [6, 6.07) is 7.39. The van der Waals surface area contributed by atoms with E-state index < -0.39 is 31.0 Å². The fourth-order valence-electron chi connectivity index (χ4n) is 2.58. The topological polar surface area (TPSA) is 147 Å². The summed E-state index contributed by atoms with van der Waals surface area (Å²) in [4.78, 5) is 43.1. The second-order valence-electron chi connectivity index (χ2n) is 5.80. The second-order valence-corrected chi connectivity index (χ2v) is 5.80. The summed E-state index contributed by atoms with van der Waals surface area (Å²) >= 11 is 0. The zero-order chi connectivity index (χ0) is 19.1. The van der Waals surface area contributed by atoms with Crippen LogP contribution >= 0.6 is 0 Å². The molecule has 2 rings (SSSR count). The van der Waals surface area contributed by atoms with Crippen LogP contribution in [0, 0.1) is 0 Å². The molecule has 10 nitrogen and oxygen atoms in total. The van der Waals surface area contributed by atoms with Crippen molar-refractivity contribution >= 4 is 28.9 Å². The molecule has 0 spiro atoms. The highest BCUT2D eigenvalue weighted by Crippen LogP contribution is 2.11. The zero-order valence-electron chi connectivity index (χ0n) is 14.0. The highest BCUT2D eigenvalue weighted by Gasteiger charge is 2.17. The lowest BCUT2D eigenvalue weighted by Crippen LogP contribution is -2.41. The summed E-state index contributed by atoms with van der Waals surface area (Å²) in [5.41, 5.74) is 1.59. The van der Waals surface area contributed by atoms with Crippen LogP contribution in [0.15, 0.2) is 24.3 Å². The highest BCUT2D eigenvalue weighted by molar-refractivity contribution is 5.75. The van der Waals surface area contributed by atoms with Crippen LogP contribution in [0.2, 0.25) is 0 Å². The van der Waals surface area contributed by atoms with Crippen LogP contribution in [-0.2, 0) is 20.9 Å². The third kappa shape index (κ3) is 6.15. The molecule has 0 saturated heterocycles. The number of aromatic amines is 1. The molecule has 26 heavy (non-hydrogen) atoms. The van der Waals surface area contributed by atoms with Crippen LogP contribution in [-0.4, -0.2) is 85.7 Å². The molecule has 0 atom stereocenters. The smallest absolute Gasteiger partial charge is 0.317 e. The summed E-state index contributed by atoms with van der Waals surface area (Å²) < 4.78 is 0. The van der Waals surface area contributed by atoms with Crippen LogP contribution in [0.1, 0.15) is 5.82 Å². The Morgan fingerprint density at radius 1 is 0.885 bits per heavy atom. The normalized spacial score (nSPS) is 11.3. The zero-order valence-corrected chi connectivity index (χ0v) is 14.0. The lowest BCUT2D eigenvalue weighted by molar-refractivity contribution is -0.143. The van der Waals surface area contributed by atoms with Gasteiger partial charge in [0.05, 0.1) is 37.2 Å². The number of benzene rings is 1. The lowest BCUT2D eigenvalue weighted by Gasteiger charge is -2.24. The van der Waals surface area contributed by atoms with E-state index in [9.17, 15) is 14.4 Å². The van der Waals surface area contributed by atoms with Crippen molar-refractivity contribution < 1.29 is 29.7 Å². The second kappa shape index (κ2) is 8.92. The summed E-state index contributed by atoms with van der Waals surface area (Å²) in [7, 11) is 0. The Hall–Kier alpha value is -2.98. The minimum absolute atomic E-state index is 0.103. The molecule has 10 heteroatoms. The molecule has 4 N–H and O–H groups in total. The minimum Gasteiger partial charge on any atom is -0.480 e. The fraction of sp³-hybridized carbons (Fsp3) is 0.375. The summed E-state index contributed by atoms with van der Waals surface area (Å²) in [6.45, 7) is -0.633. The molecule has 1 heterocycles. The van der Waals surface area contributed by atoms with Gasteiger partial charge in [-0.1, -0.05) is 12.1 Å². The van der Waals surface area contributed by atoms with Crippen molar-refractivity contribution in [2.45, 2.75) is 6.54 Å². The molecule has 0 aliphatic rings. The Labute approximate surface area is 148 Å². The molecule has 0 bridgehead atoms. The number of carboxylic acid groups (broad SMARTS) is 3. The monoisotopic (exact) mass is 364 g/mol. The molecule has 0 fully saturated rings. The third-order valence-electron chi connectivity index (χ3n) is 3.62. The van der Waals surface area contributed by atoms with Crippen molar-refractivity contribution in [2.75, 3.05) is 32.7 Å². The van der Waals surface area contributed by atoms with Crippen LogP contribution in [0.25, 0.3) is 11.0 Å². The van der Waals surface area contributed by atoms with Gasteiger partial charge in [0.1, 0.15) is 5.82 Å². The first-order chi connectivity index (χ1) is 12.3. The van der Waals surface area contributed by atoms with Crippen molar-refractivity contribution in [1.82, 2.24) is 19.8 Å².